The van der Waals surface area contributed by atoms with Crippen LogP contribution in [-0.4, -0.2) is 16.3 Å². The Morgan fingerprint density at radius 3 is 2.38 bits per heavy atom. The summed E-state index contributed by atoms with van der Waals surface area (Å²) in [6.45, 7) is 0.424. The second-order valence-electron chi connectivity index (χ2n) is 4.99. The molecule has 1 N–H and O–H groups in total. The minimum atomic E-state index is 0.00272. The number of benzene rings is 2. The number of hydrogen-bond acceptors (Lipinski definition) is 3. The standard InChI is InChI=1S/C17H13Cl3N2OS/c18-11-1-4-13(5-2-11)21-17-22(7-8-23)16(10-24-17)14-6-3-12(19)9-15(14)20/h1-6,9-10,23H,7-8H2. The van der Waals surface area contributed by atoms with E-state index in [4.69, 9.17) is 34.8 Å². The summed E-state index contributed by atoms with van der Waals surface area (Å²) >= 11 is 19.7. The molecule has 0 fully saturated rings. The molecular formula is C17H13Cl3N2OS. The Hall–Kier alpha value is -1.30. The second kappa shape index (κ2) is 7.72. The van der Waals surface area contributed by atoms with Gasteiger partial charge in [-0.15, -0.1) is 11.3 Å². The molecule has 3 nitrogen and oxygen atoms in total. The molecule has 1 aromatic heterocycles. The van der Waals surface area contributed by atoms with Gasteiger partial charge in [0.1, 0.15) is 0 Å². The van der Waals surface area contributed by atoms with E-state index in [2.05, 4.69) is 4.99 Å². The molecule has 0 atom stereocenters. The fourth-order valence-electron chi connectivity index (χ4n) is 2.27. The van der Waals surface area contributed by atoms with Gasteiger partial charge in [0.15, 0.2) is 4.80 Å². The van der Waals surface area contributed by atoms with Gasteiger partial charge in [0.05, 0.1) is 23.0 Å². The average Bonchev–Trinajstić information content (AvgIpc) is 2.93. The van der Waals surface area contributed by atoms with Gasteiger partial charge in [-0.2, -0.15) is 0 Å². The van der Waals surface area contributed by atoms with E-state index in [0.717, 1.165) is 21.7 Å². The zero-order valence-electron chi connectivity index (χ0n) is 12.4. The summed E-state index contributed by atoms with van der Waals surface area (Å²) in [5.41, 5.74) is 2.54. The normalized spacial score (nSPS) is 11.9. The number of nitrogens with zero attached hydrogens (tertiary/aromatic N) is 2. The van der Waals surface area contributed by atoms with Crippen molar-refractivity contribution in [2.75, 3.05) is 6.61 Å². The molecule has 0 saturated heterocycles. The third kappa shape index (κ3) is 3.85. The largest absolute Gasteiger partial charge is 0.395 e. The molecule has 7 heteroatoms. The lowest BCUT2D eigenvalue weighted by molar-refractivity contribution is 0.275. The van der Waals surface area contributed by atoms with Crippen LogP contribution in [0.5, 0.6) is 0 Å². The highest BCUT2D eigenvalue weighted by atomic mass is 35.5. The molecule has 3 aromatic rings. The van der Waals surface area contributed by atoms with E-state index >= 15 is 0 Å². The number of aliphatic hydroxyl groups is 1. The second-order valence-corrected chi connectivity index (χ2v) is 7.11. The third-order valence-electron chi connectivity index (χ3n) is 3.38. The van der Waals surface area contributed by atoms with Crippen LogP contribution < -0.4 is 4.80 Å². The molecule has 2 aromatic carbocycles. The van der Waals surface area contributed by atoms with Crippen LogP contribution in [0.2, 0.25) is 15.1 Å². The molecule has 1 heterocycles. The number of rotatable bonds is 4. The lowest BCUT2D eigenvalue weighted by atomic mass is 10.1. The van der Waals surface area contributed by atoms with Crippen LogP contribution in [0.1, 0.15) is 0 Å². The zero-order chi connectivity index (χ0) is 17.1. The number of aliphatic hydroxyl groups excluding tert-OH is 1. The summed E-state index contributed by atoms with van der Waals surface area (Å²) < 4.78 is 1.94. The average molecular weight is 400 g/mol. The van der Waals surface area contributed by atoms with Gasteiger partial charge in [0, 0.05) is 27.5 Å². The molecule has 124 valence electrons. The molecule has 0 aliphatic carbocycles. The van der Waals surface area contributed by atoms with Crippen molar-refractivity contribution in [3.8, 4) is 11.3 Å². The number of aromatic nitrogens is 1. The summed E-state index contributed by atoms with van der Waals surface area (Å²) in [5, 5.41) is 13.2. The molecule has 3 rings (SSSR count). The smallest absolute Gasteiger partial charge is 0.190 e. The molecule has 0 radical (unpaired) electrons. The highest BCUT2D eigenvalue weighted by Gasteiger charge is 2.11. The van der Waals surface area contributed by atoms with Crippen molar-refractivity contribution >= 4 is 51.8 Å². The Morgan fingerprint density at radius 2 is 1.71 bits per heavy atom. The Kier molecular flexibility index (Phi) is 5.64. The fraction of sp³-hybridized carbons (Fsp3) is 0.118. The summed E-state index contributed by atoms with van der Waals surface area (Å²) in [6.07, 6.45) is 0. The van der Waals surface area contributed by atoms with Crippen molar-refractivity contribution in [1.29, 1.82) is 0 Å². The van der Waals surface area contributed by atoms with Gasteiger partial charge in [0.2, 0.25) is 0 Å². The van der Waals surface area contributed by atoms with Crippen LogP contribution in [0.4, 0.5) is 5.69 Å². The lowest BCUT2D eigenvalue weighted by Crippen LogP contribution is -2.17. The first-order valence-electron chi connectivity index (χ1n) is 7.13. The van der Waals surface area contributed by atoms with Crippen molar-refractivity contribution in [2.24, 2.45) is 4.99 Å². The summed E-state index contributed by atoms with van der Waals surface area (Å²) in [7, 11) is 0. The van der Waals surface area contributed by atoms with Crippen LogP contribution in [0.3, 0.4) is 0 Å². The van der Waals surface area contributed by atoms with Gasteiger partial charge in [-0.25, -0.2) is 4.99 Å². The minimum Gasteiger partial charge on any atom is -0.395 e. The zero-order valence-corrected chi connectivity index (χ0v) is 15.5. The van der Waals surface area contributed by atoms with Crippen molar-refractivity contribution in [3.63, 3.8) is 0 Å². The van der Waals surface area contributed by atoms with Crippen molar-refractivity contribution in [1.82, 2.24) is 4.57 Å². The summed E-state index contributed by atoms with van der Waals surface area (Å²) in [4.78, 5) is 5.41. The topological polar surface area (TPSA) is 37.5 Å². The molecule has 0 aliphatic heterocycles. The molecule has 0 spiro atoms. The molecule has 0 bridgehead atoms. The lowest BCUT2D eigenvalue weighted by Gasteiger charge is -2.09. The molecule has 0 amide bonds. The van der Waals surface area contributed by atoms with Crippen LogP contribution in [0, 0.1) is 0 Å². The predicted octanol–water partition coefficient (Wildman–Crippen LogP) is 5.40. The van der Waals surface area contributed by atoms with E-state index < -0.39 is 0 Å². The first kappa shape index (κ1) is 17.5. The quantitative estimate of drug-likeness (QED) is 0.626. The van der Waals surface area contributed by atoms with Gasteiger partial charge in [0.25, 0.3) is 0 Å². The number of hydrogen-bond donors (Lipinski definition) is 1. The van der Waals surface area contributed by atoms with Gasteiger partial charge in [-0.1, -0.05) is 34.8 Å². The van der Waals surface area contributed by atoms with E-state index in [9.17, 15) is 5.11 Å². The van der Waals surface area contributed by atoms with E-state index in [-0.39, 0.29) is 6.61 Å². The molecule has 0 aliphatic rings. The maximum Gasteiger partial charge on any atom is 0.190 e. The van der Waals surface area contributed by atoms with Gasteiger partial charge in [-0.3, -0.25) is 0 Å². The Bertz CT molecular complexity index is 916. The van der Waals surface area contributed by atoms with Crippen LogP contribution in [0.15, 0.2) is 52.8 Å². The van der Waals surface area contributed by atoms with Crippen LogP contribution in [0.25, 0.3) is 11.3 Å². The Labute approximate surface area is 158 Å². The molecule has 24 heavy (non-hydrogen) atoms. The Morgan fingerprint density at radius 1 is 1.00 bits per heavy atom. The molecule has 0 saturated carbocycles. The first-order valence-corrected chi connectivity index (χ1v) is 9.15. The Balaban J connectivity index is 2.12. The van der Waals surface area contributed by atoms with Crippen LogP contribution >= 0.6 is 46.1 Å². The van der Waals surface area contributed by atoms with Crippen molar-refractivity contribution in [2.45, 2.75) is 6.54 Å². The monoisotopic (exact) mass is 398 g/mol. The van der Waals surface area contributed by atoms with E-state index in [1.807, 2.05) is 28.1 Å². The molecule has 0 unspecified atom stereocenters. The number of thiazole rings is 1. The highest BCUT2D eigenvalue weighted by Crippen LogP contribution is 2.30. The first-order chi connectivity index (χ1) is 11.6. The van der Waals surface area contributed by atoms with Crippen molar-refractivity contribution < 1.29 is 5.11 Å². The van der Waals surface area contributed by atoms with E-state index in [0.29, 0.717) is 21.6 Å². The van der Waals surface area contributed by atoms with Gasteiger partial charge < -0.3 is 9.67 Å². The SMILES string of the molecule is OCCn1c(-c2ccc(Cl)cc2Cl)csc1=Nc1ccc(Cl)cc1. The maximum absolute atomic E-state index is 9.42. The number of halogens is 3. The fourth-order valence-corrected chi connectivity index (χ4v) is 3.85. The third-order valence-corrected chi connectivity index (χ3v) is 5.04. The molecular weight excluding hydrogens is 387 g/mol. The summed E-state index contributed by atoms with van der Waals surface area (Å²) in [6, 6.07) is 12.6. The van der Waals surface area contributed by atoms with Gasteiger partial charge >= 0.3 is 0 Å². The van der Waals surface area contributed by atoms with E-state index in [1.54, 1.807) is 24.3 Å². The van der Waals surface area contributed by atoms with E-state index in [1.165, 1.54) is 11.3 Å². The van der Waals surface area contributed by atoms with Crippen LogP contribution in [-0.2, 0) is 6.54 Å². The predicted molar refractivity (Wildman–Crippen MR) is 102 cm³/mol. The minimum absolute atomic E-state index is 0.00272. The highest BCUT2D eigenvalue weighted by molar-refractivity contribution is 7.07. The van der Waals surface area contributed by atoms with Crippen molar-refractivity contribution in [3.05, 3.63) is 67.7 Å². The summed E-state index contributed by atoms with van der Waals surface area (Å²) in [5.74, 6) is 0. The maximum atomic E-state index is 9.42. The van der Waals surface area contributed by atoms with Gasteiger partial charge in [-0.05, 0) is 42.5 Å².